The first-order valence-corrected chi connectivity index (χ1v) is 19.1. The minimum absolute atomic E-state index is 0.0925. The van der Waals surface area contributed by atoms with Crippen LogP contribution in [0.1, 0.15) is 52.8 Å². The normalized spacial score (nSPS) is 14.1. The molecule has 0 saturated carbocycles. The predicted octanol–water partition coefficient (Wildman–Crippen LogP) is 13.4. The Morgan fingerprint density at radius 1 is 0.370 bits per heavy atom. The van der Waals surface area contributed by atoms with Crippen LogP contribution in [-0.2, 0) is 17.4 Å². The highest BCUT2D eigenvalue weighted by atomic mass is 15.1. The molecule has 1 nitrogen and oxygen atoms in total. The highest BCUT2D eigenvalue weighted by molar-refractivity contribution is 5.87. The molecule has 0 aromatic heterocycles. The molecule has 8 aromatic rings. The van der Waals surface area contributed by atoms with Gasteiger partial charge in [0.2, 0.25) is 0 Å². The Balaban J connectivity index is 1.14. The molecule has 0 spiro atoms. The van der Waals surface area contributed by atoms with Crippen LogP contribution in [-0.4, -0.2) is 0 Å². The summed E-state index contributed by atoms with van der Waals surface area (Å²) in [5, 5.41) is 0. The van der Waals surface area contributed by atoms with Gasteiger partial charge in [-0.1, -0.05) is 190 Å². The average Bonchev–Trinajstić information content (AvgIpc) is 3.66. The summed E-state index contributed by atoms with van der Waals surface area (Å²) in [6.07, 6.45) is 0. The third-order valence-electron chi connectivity index (χ3n) is 12.1. The van der Waals surface area contributed by atoms with Crippen LogP contribution < -0.4 is 4.90 Å². The maximum atomic E-state index is 2.51. The molecule has 0 radical (unpaired) electrons. The van der Waals surface area contributed by atoms with E-state index in [1.807, 2.05) is 0 Å². The van der Waals surface area contributed by atoms with E-state index in [1.165, 1.54) is 78.0 Å². The molecule has 2 aliphatic carbocycles. The Bertz CT molecular complexity index is 2610. The lowest BCUT2D eigenvalue weighted by atomic mass is 9.68. The fourth-order valence-electron chi connectivity index (χ4n) is 9.52. The zero-order chi connectivity index (χ0) is 36.3. The molecule has 10 rings (SSSR count). The Morgan fingerprint density at radius 3 is 1.48 bits per heavy atom. The second-order valence-corrected chi connectivity index (χ2v) is 15.3. The van der Waals surface area contributed by atoms with Crippen LogP contribution in [0.3, 0.4) is 0 Å². The number of nitrogens with zero attached hydrogens (tertiary/aromatic N) is 1. The van der Waals surface area contributed by atoms with Gasteiger partial charge in [-0.15, -0.1) is 0 Å². The van der Waals surface area contributed by atoms with E-state index >= 15 is 0 Å². The summed E-state index contributed by atoms with van der Waals surface area (Å²) in [6.45, 7) is 5.46. The topological polar surface area (TPSA) is 3.24 Å². The maximum absolute atomic E-state index is 2.51. The van der Waals surface area contributed by atoms with E-state index in [0.29, 0.717) is 0 Å². The minimum atomic E-state index is -0.429. The molecule has 8 aromatic carbocycles. The van der Waals surface area contributed by atoms with Crippen LogP contribution in [0.2, 0.25) is 0 Å². The molecule has 0 aliphatic heterocycles. The number of fused-ring (bicyclic) bond motifs is 6. The van der Waals surface area contributed by atoms with Crippen molar-refractivity contribution >= 4 is 11.4 Å². The summed E-state index contributed by atoms with van der Waals surface area (Å²) in [5.74, 6) is 0. The Labute approximate surface area is 318 Å². The van der Waals surface area contributed by atoms with Crippen LogP contribution >= 0.6 is 0 Å². The number of rotatable bonds is 7. The van der Waals surface area contributed by atoms with Gasteiger partial charge in [0.15, 0.2) is 0 Å². The van der Waals surface area contributed by atoms with E-state index < -0.39 is 5.41 Å². The Kier molecular flexibility index (Phi) is 7.52. The largest absolute Gasteiger partial charge is 0.337 e. The fraction of sp³-hybridized carbons (Fsp3) is 0.0943. The number of hydrogen-bond donors (Lipinski definition) is 0. The van der Waals surface area contributed by atoms with Gasteiger partial charge >= 0.3 is 0 Å². The van der Waals surface area contributed by atoms with E-state index in [4.69, 9.17) is 0 Å². The molecule has 0 N–H and O–H groups in total. The molecule has 0 atom stereocenters. The van der Waals surface area contributed by atoms with Crippen molar-refractivity contribution in [3.63, 3.8) is 0 Å². The van der Waals surface area contributed by atoms with Crippen LogP contribution in [0, 0.1) is 0 Å². The van der Waals surface area contributed by atoms with Crippen molar-refractivity contribution in [2.24, 2.45) is 0 Å². The van der Waals surface area contributed by atoms with E-state index in [1.54, 1.807) is 0 Å². The second kappa shape index (κ2) is 12.6. The maximum Gasteiger partial charge on any atom is 0.0713 e. The highest BCUT2D eigenvalue weighted by Gasteiger charge is 2.46. The van der Waals surface area contributed by atoms with Gasteiger partial charge < -0.3 is 4.90 Å². The van der Waals surface area contributed by atoms with Crippen molar-refractivity contribution in [2.75, 3.05) is 4.90 Å². The molecular weight excluding hydrogens is 651 g/mol. The van der Waals surface area contributed by atoms with Gasteiger partial charge in [0.1, 0.15) is 0 Å². The van der Waals surface area contributed by atoms with E-state index in [0.717, 1.165) is 12.2 Å². The zero-order valence-corrected chi connectivity index (χ0v) is 30.7. The molecule has 258 valence electrons. The first kappa shape index (κ1) is 32.2. The van der Waals surface area contributed by atoms with Gasteiger partial charge in [-0.3, -0.25) is 0 Å². The summed E-state index contributed by atoms with van der Waals surface area (Å²) in [5.41, 5.74) is 18.9. The zero-order valence-electron chi connectivity index (χ0n) is 30.7. The van der Waals surface area contributed by atoms with E-state index in [2.05, 4.69) is 219 Å². The van der Waals surface area contributed by atoms with E-state index in [-0.39, 0.29) is 5.41 Å². The van der Waals surface area contributed by atoms with Crippen LogP contribution in [0.15, 0.2) is 200 Å². The third kappa shape index (κ3) is 4.85. The lowest BCUT2D eigenvalue weighted by Crippen LogP contribution is -2.28. The molecule has 54 heavy (non-hydrogen) atoms. The lowest BCUT2D eigenvalue weighted by Gasteiger charge is -2.34. The van der Waals surface area contributed by atoms with Gasteiger partial charge in [0.05, 0.1) is 5.41 Å². The Hall–Kier alpha value is -6.44. The molecule has 1 heteroatoms. The lowest BCUT2D eigenvalue weighted by molar-refractivity contribution is 0.660. The van der Waals surface area contributed by atoms with Crippen molar-refractivity contribution in [3.8, 4) is 33.4 Å². The Morgan fingerprint density at radius 2 is 0.833 bits per heavy atom. The van der Waals surface area contributed by atoms with Crippen molar-refractivity contribution in [3.05, 3.63) is 239 Å². The first-order chi connectivity index (χ1) is 26.5. The SMILES string of the molecule is CC1(C)c2ccccc2-c2ccc(N(Cc3ccccc3-c3ccccc3)c3ccc(C4(c5ccccc5)c5ccccc5-c5ccccc54)cc3)cc21. The van der Waals surface area contributed by atoms with Gasteiger partial charge in [-0.25, -0.2) is 0 Å². The number of anilines is 2. The van der Waals surface area contributed by atoms with Gasteiger partial charge in [-0.05, 0) is 96.6 Å². The summed E-state index contributed by atoms with van der Waals surface area (Å²) < 4.78 is 0. The number of benzene rings is 8. The molecule has 0 amide bonds. The van der Waals surface area contributed by atoms with Crippen LogP contribution in [0.25, 0.3) is 33.4 Å². The van der Waals surface area contributed by atoms with Crippen LogP contribution in [0.4, 0.5) is 11.4 Å². The summed E-state index contributed by atoms with van der Waals surface area (Å²) in [6, 6.07) is 74.1. The minimum Gasteiger partial charge on any atom is -0.337 e. The quantitative estimate of drug-likeness (QED) is 0.161. The van der Waals surface area contributed by atoms with E-state index in [9.17, 15) is 0 Å². The van der Waals surface area contributed by atoms with Crippen molar-refractivity contribution in [2.45, 2.75) is 31.2 Å². The molecule has 0 fully saturated rings. The van der Waals surface area contributed by atoms with Gasteiger partial charge in [0.25, 0.3) is 0 Å². The molecule has 0 bridgehead atoms. The number of hydrogen-bond acceptors (Lipinski definition) is 1. The molecular formula is C53H41N. The first-order valence-electron chi connectivity index (χ1n) is 19.1. The molecule has 0 unspecified atom stereocenters. The molecule has 0 saturated heterocycles. The fourth-order valence-corrected chi connectivity index (χ4v) is 9.52. The predicted molar refractivity (Wildman–Crippen MR) is 225 cm³/mol. The highest BCUT2D eigenvalue weighted by Crippen LogP contribution is 2.56. The van der Waals surface area contributed by atoms with Gasteiger partial charge in [-0.2, -0.15) is 0 Å². The van der Waals surface area contributed by atoms with Gasteiger partial charge in [0, 0.05) is 23.3 Å². The summed E-state index contributed by atoms with van der Waals surface area (Å²) in [4.78, 5) is 2.51. The monoisotopic (exact) mass is 691 g/mol. The smallest absolute Gasteiger partial charge is 0.0713 e. The standard InChI is InChI=1S/C53H41N/c1-52(2)48-26-14-11-23-44(48)47-34-33-42(35-51(47)52)54(36-38-19-9-10-22-43(38)37-17-5-3-6-18-37)41-31-29-40(30-32-41)53(39-20-7-4-8-21-39)49-27-15-12-24-45(49)46-25-13-16-28-50(46)53/h3-35H,36H2,1-2H3. The average molecular weight is 692 g/mol. The summed E-state index contributed by atoms with van der Waals surface area (Å²) in [7, 11) is 0. The molecule has 2 aliphatic rings. The molecule has 0 heterocycles. The van der Waals surface area contributed by atoms with Crippen molar-refractivity contribution in [1.82, 2.24) is 0 Å². The van der Waals surface area contributed by atoms with Crippen molar-refractivity contribution in [1.29, 1.82) is 0 Å². The summed E-state index contributed by atoms with van der Waals surface area (Å²) >= 11 is 0. The van der Waals surface area contributed by atoms with Crippen molar-refractivity contribution < 1.29 is 0 Å². The second-order valence-electron chi connectivity index (χ2n) is 15.3. The third-order valence-corrected chi connectivity index (χ3v) is 12.1. The van der Waals surface area contributed by atoms with Crippen LogP contribution in [0.5, 0.6) is 0 Å².